The number of rotatable bonds is 5. The fraction of sp³-hybridized carbons (Fsp3) is 0.133. The standard InChI is InChI=1S/C15H14ClNO5S/c1-9-3-4-10(16)7-13(9)17-23(20,21)11-5-6-14(22-2)12(8-11)15(18)19/h3-8,17H,1-2H3,(H,18,19). The number of benzene rings is 2. The smallest absolute Gasteiger partial charge is 0.339 e. The van der Waals surface area contributed by atoms with Gasteiger partial charge in [-0.15, -0.1) is 0 Å². The molecule has 0 saturated carbocycles. The summed E-state index contributed by atoms with van der Waals surface area (Å²) in [4.78, 5) is 11.0. The summed E-state index contributed by atoms with van der Waals surface area (Å²) >= 11 is 5.87. The number of carbonyl (C=O) groups is 1. The molecule has 0 heterocycles. The van der Waals surface area contributed by atoms with Crippen molar-refractivity contribution in [3.8, 4) is 5.75 Å². The maximum Gasteiger partial charge on any atom is 0.339 e. The van der Waals surface area contributed by atoms with Gasteiger partial charge >= 0.3 is 5.97 Å². The van der Waals surface area contributed by atoms with Gasteiger partial charge in [-0.3, -0.25) is 4.72 Å². The van der Waals surface area contributed by atoms with E-state index in [4.69, 9.17) is 21.4 Å². The van der Waals surface area contributed by atoms with Crippen LogP contribution in [0.5, 0.6) is 5.75 Å². The lowest BCUT2D eigenvalue weighted by Gasteiger charge is -2.12. The predicted molar refractivity (Wildman–Crippen MR) is 87.0 cm³/mol. The Morgan fingerprint density at radius 2 is 1.91 bits per heavy atom. The van der Waals surface area contributed by atoms with Crippen molar-refractivity contribution >= 4 is 33.3 Å². The fourth-order valence-corrected chi connectivity index (χ4v) is 3.25. The maximum absolute atomic E-state index is 12.5. The van der Waals surface area contributed by atoms with Gasteiger partial charge in [0.2, 0.25) is 0 Å². The molecule has 2 aromatic rings. The SMILES string of the molecule is COc1ccc(S(=O)(=O)Nc2cc(Cl)ccc2C)cc1C(=O)O. The second kappa shape index (κ2) is 6.47. The van der Waals surface area contributed by atoms with Crippen LogP contribution in [-0.4, -0.2) is 26.6 Å². The van der Waals surface area contributed by atoms with Gasteiger partial charge in [0.15, 0.2) is 0 Å². The minimum atomic E-state index is -3.96. The number of hydrogen-bond donors (Lipinski definition) is 2. The summed E-state index contributed by atoms with van der Waals surface area (Å²) in [5, 5.41) is 9.53. The molecule has 2 N–H and O–H groups in total. The van der Waals surface area contributed by atoms with Crippen LogP contribution >= 0.6 is 11.6 Å². The Morgan fingerprint density at radius 1 is 1.22 bits per heavy atom. The van der Waals surface area contributed by atoms with Crippen LogP contribution in [0.4, 0.5) is 5.69 Å². The first-order chi connectivity index (χ1) is 10.7. The molecule has 0 aliphatic heterocycles. The highest BCUT2D eigenvalue weighted by Crippen LogP contribution is 2.26. The van der Waals surface area contributed by atoms with Gasteiger partial charge in [0.25, 0.3) is 10.0 Å². The Bertz CT molecular complexity index is 864. The molecule has 0 amide bonds. The van der Waals surface area contributed by atoms with Crippen molar-refractivity contribution in [1.29, 1.82) is 0 Å². The Labute approximate surface area is 138 Å². The molecule has 122 valence electrons. The van der Waals surface area contributed by atoms with E-state index in [9.17, 15) is 13.2 Å². The molecule has 0 radical (unpaired) electrons. The number of aryl methyl sites for hydroxylation is 1. The van der Waals surface area contributed by atoms with Crippen molar-refractivity contribution in [1.82, 2.24) is 0 Å². The Kier molecular flexibility index (Phi) is 4.82. The van der Waals surface area contributed by atoms with Gasteiger partial charge < -0.3 is 9.84 Å². The Balaban J connectivity index is 2.46. The lowest BCUT2D eigenvalue weighted by atomic mass is 10.2. The first-order valence-corrected chi connectivity index (χ1v) is 8.31. The van der Waals surface area contributed by atoms with Crippen LogP contribution in [0, 0.1) is 6.92 Å². The van der Waals surface area contributed by atoms with Crippen molar-refractivity contribution < 1.29 is 23.1 Å². The number of carboxylic acids is 1. The molecule has 0 atom stereocenters. The maximum atomic E-state index is 12.5. The molecule has 0 fully saturated rings. The zero-order chi connectivity index (χ0) is 17.2. The first kappa shape index (κ1) is 17.1. The molecular weight excluding hydrogens is 342 g/mol. The van der Waals surface area contributed by atoms with Crippen molar-refractivity contribution in [3.63, 3.8) is 0 Å². The van der Waals surface area contributed by atoms with E-state index in [2.05, 4.69) is 4.72 Å². The summed E-state index contributed by atoms with van der Waals surface area (Å²) in [6, 6.07) is 8.41. The predicted octanol–water partition coefficient (Wildman–Crippen LogP) is 3.16. The lowest BCUT2D eigenvalue weighted by molar-refractivity contribution is 0.0693. The quantitative estimate of drug-likeness (QED) is 0.859. The van der Waals surface area contributed by atoms with Gasteiger partial charge in [-0.05, 0) is 42.8 Å². The Morgan fingerprint density at radius 3 is 2.52 bits per heavy atom. The van der Waals surface area contributed by atoms with Crippen molar-refractivity contribution in [3.05, 3.63) is 52.5 Å². The number of aromatic carboxylic acids is 1. The summed E-state index contributed by atoms with van der Waals surface area (Å²) in [5.74, 6) is -1.20. The summed E-state index contributed by atoms with van der Waals surface area (Å²) in [7, 11) is -2.65. The largest absolute Gasteiger partial charge is 0.496 e. The number of ether oxygens (including phenoxy) is 1. The normalized spacial score (nSPS) is 11.1. The second-order valence-electron chi connectivity index (χ2n) is 4.73. The minimum Gasteiger partial charge on any atom is -0.496 e. The van der Waals surface area contributed by atoms with Gasteiger partial charge in [0, 0.05) is 5.02 Å². The van der Waals surface area contributed by atoms with Crippen LogP contribution in [0.3, 0.4) is 0 Å². The van der Waals surface area contributed by atoms with E-state index in [1.165, 1.54) is 25.3 Å². The van der Waals surface area contributed by atoms with Crippen LogP contribution in [0.15, 0.2) is 41.3 Å². The molecule has 0 bridgehead atoms. The molecule has 2 rings (SSSR count). The number of hydrogen-bond acceptors (Lipinski definition) is 4. The van der Waals surface area contributed by atoms with E-state index in [1.807, 2.05) is 0 Å². The van der Waals surface area contributed by atoms with Gasteiger partial charge in [-0.1, -0.05) is 17.7 Å². The first-order valence-electron chi connectivity index (χ1n) is 6.45. The molecule has 0 aliphatic rings. The highest BCUT2D eigenvalue weighted by Gasteiger charge is 2.20. The number of sulfonamides is 1. The van der Waals surface area contributed by atoms with E-state index in [0.29, 0.717) is 16.3 Å². The third-order valence-electron chi connectivity index (χ3n) is 3.16. The number of anilines is 1. The lowest BCUT2D eigenvalue weighted by Crippen LogP contribution is -2.15. The average Bonchev–Trinajstić information content (AvgIpc) is 2.50. The van der Waals surface area contributed by atoms with Crippen LogP contribution < -0.4 is 9.46 Å². The van der Waals surface area contributed by atoms with Crippen LogP contribution in [0.1, 0.15) is 15.9 Å². The zero-order valence-corrected chi connectivity index (χ0v) is 13.9. The van der Waals surface area contributed by atoms with Gasteiger partial charge in [-0.25, -0.2) is 13.2 Å². The summed E-state index contributed by atoms with van der Waals surface area (Å²) in [5.41, 5.74) is 0.772. The van der Waals surface area contributed by atoms with E-state index in [1.54, 1.807) is 19.1 Å². The molecule has 0 saturated heterocycles. The summed E-state index contributed by atoms with van der Waals surface area (Å²) in [6.45, 7) is 1.73. The van der Waals surface area contributed by atoms with E-state index in [-0.39, 0.29) is 16.2 Å². The fourth-order valence-electron chi connectivity index (χ4n) is 1.93. The van der Waals surface area contributed by atoms with E-state index < -0.39 is 16.0 Å². The van der Waals surface area contributed by atoms with E-state index >= 15 is 0 Å². The molecule has 2 aromatic carbocycles. The summed E-state index contributed by atoms with van der Waals surface area (Å²) in [6.07, 6.45) is 0. The number of carboxylic acid groups (broad SMARTS) is 1. The van der Waals surface area contributed by atoms with Gasteiger partial charge in [-0.2, -0.15) is 0 Å². The number of methoxy groups -OCH3 is 1. The molecule has 6 nitrogen and oxygen atoms in total. The average molecular weight is 356 g/mol. The number of halogens is 1. The van der Waals surface area contributed by atoms with Crippen LogP contribution in [0.2, 0.25) is 5.02 Å². The van der Waals surface area contributed by atoms with Crippen LogP contribution in [0.25, 0.3) is 0 Å². The second-order valence-corrected chi connectivity index (χ2v) is 6.85. The highest BCUT2D eigenvalue weighted by molar-refractivity contribution is 7.92. The molecule has 0 unspecified atom stereocenters. The van der Waals surface area contributed by atoms with E-state index in [0.717, 1.165) is 6.07 Å². The van der Waals surface area contributed by atoms with Gasteiger partial charge in [0.05, 0.1) is 17.7 Å². The van der Waals surface area contributed by atoms with Crippen molar-refractivity contribution in [2.24, 2.45) is 0 Å². The molecule has 0 spiro atoms. The third kappa shape index (κ3) is 3.75. The molecule has 0 aromatic heterocycles. The number of nitrogens with one attached hydrogen (secondary N) is 1. The molecule has 8 heteroatoms. The van der Waals surface area contributed by atoms with Crippen molar-refractivity contribution in [2.45, 2.75) is 11.8 Å². The van der Waals surface area contributed by atoms with Crippen LogP contribution in [-0.2, 0) is 10.0 Å². The summed E-state index contributed by atoms with van der Waals surface area (Å²) < 4.78 is 32.2. The monoisotopic (exact) mass is 355 g/mol. The van der Waals surface area contributed by atoms with Crippen molar-refractivity contribution in [2.75, 3.05) is 11.8 Å². The van der Waals surface area contributed by atoms with Gasteiger partial charge in [0.1, 0.15) is 11.3 Å². The Hall–Kier alpha value is -2.25. The minimum absolute atomic E-state index is 0.0791. The molecule has 23 heavy (non-hydrogen) atoms. The third-order valence-corrected chi connectivity index (χ3v) is 4.75. The molecule has 0 aliphatic carbocycles. The highest BCUT2D eigenvalue weighted by atomic mass is 35.5. The topological polar surface area (TPSA) is 92.7 Å². The molecular formula is C15H14ClNO5S. The zero-order valence-electron chi connectivity index (χ0n) is 12.3.